The van der Waals surface area contributed by atoms with Gasteiger partial charge in [0.15, 0.2) is 11.3 Å². The number of nitrogens with zero attached hydrogens (tertiary/aromatic N) is 5. The maximum atomic E-state index is 14.8. The van der Waals surface area contributed by atoms with Crippen LogP contribution in [0.4, 0.5) is 10.1 Å². The van der Waals surface area contributed by atoms with E-state index >= 15 is 0 Å². The first kappa shape index (κ1) is 25.9. The molecule has 0 saturated heterocycles. The zero-order valence-corrected chi connectivity index (χ0v) is 19.5. The third-order valence-corrected chi connectivity index (χ3v) is 5.35. The van der Waals surface area contributed by atoms with Crippen LogP contribution in [0.1, 0.15) is 11.1 Å². The molecule has 0 unspecified atom stereocenters. The number of carbonyl (C=O) groups excluding carboxylic acids is 1. The molecule has 36 heavy (non-hydrogen) atoms. The molecule has 0 aliphatic carbocycles. The molecule has 0 spiro atoms. The van der Waals surface area contributed by atoms with Crippen molar-refractivity contribution in [1.82, 2.24) is 14.9 Å². The number of phenolic OH excluding ortho intramolecular Hbond substituents is 1. The molecular formula is C23H17ClFN5O6. The average molecular weight is 514 g/mol. The fraction of sp³-hybridized carbons (Fsp3) is 0.130. The van der Waals surface area contributed by atoms with Crippen molar-refractivity contribution in [3.8, 4) is 28.8 Å². The lowest BCUT2D eigenvalue weighted by molar-refractivity contribution is -0.386. The second-order valence-electron chi connectivity index (χ2n) is 7.31. The lowest BCUT2D eigenvalue weighted by Crippen LogP contribution is -2.28. The van der Waals surface area contributed by atoms with Crippen LogP contribution < -0.4 is 4.74 Å². The number of aliphatic hydroxyl groups excluding tert-OH is 1. The lowest BCUT2D eigenvalue weighted by Gasteiger charge is -2.19. The largest absolute Gasteiger partial charge is 0.506 e. The summed E-state index contributed by atoms with van der Waals surface area (Å²) in [4.78, 5) is 32.2. The fourth-order valence-electron chi connectivity index (χ4n) is 3.23. The summed E-state index contributed by atoms with van der Waals surface area (Å²) in [6, 6.07) is 5.79. The van der Waals surface area contributed by atoms with Gasteiger partial charge in [0.1, 0.15) is 17.6 Å². The van der Waals surface area contributed by atoms with Gasteiger partial charge in [-0.2, -0.15) is 5.26 Å². The molecule has 1 amide bonds. The number of nitro benzene ring substituents is 1. The highest BCUT2D eigenvalue weighted by Gasteiger charge is 2.26. The Labute approximate surface area is 208 Å². The van der Waals surface area contributed by atoms with E-state index in [1.54, 1.807) is 6.07 Å². The van der Waals surface area contributed by atoms with Gasteiger partial charge in [0.2, 0.25) is 5.75 Å². The maximum absolute atomic E-state index is 14.8. The van der Waals surface area contributed by atoms with Crippen LogP contribution >= 0.6 is 11.6 Å². The Morgan fingerprint density at radius 2 is 2.06 bits per heavy atom. The van der Waals surface area contributed by atoms with Gasteiger partial charge in [-0.25, -0.2) is 4.39 Å². The van der Waals surface area contributed by atoms with Crippen LogP contribution in [-0.2, 0) is 11.3 Å². The van der Waals surface area contributed by atoms with E-state index in [9.17, 15) is 34.8 Å². The molecule has 184 valence electrons. The van der Waals surface area contributed by atoms with Crippen LogP contribution in [0.15, 0.2) is 48.4 Å². The van der Waals surface area contributed by atoms with E-state index in [4.69, 9.17) is 16.3 Å². The topological polar surface area (TPSA) is 163 Å². The number of carbonyl (C=O) groups is 1. The zero-order chi connectivity index (χ0) is 26.6. The van der Waals surface area contributed by atoms with Crippen molar-refractivity contribution in [2.24, 2.45) is 0 Å². The Kier molecular flexibility index (Phi) is 7.66. The number of aromatic nitrogens is 2. The average Bonchev–Trinajstić information content (AvgIpc) is 2.86. The second kappa shape index (κ2) is 10.7. The fourth-order valence-corrected chi connectivity index (χ4v) is 3.52. The van der Waals surface area contributed by atoms with Crippen molar-refractivity contribution in [2.75, 3.05) is 14.2 Å². The van der Waals surface area contributed by atoms with Crippen molar-refractivity contribution < 1.29 is 29.1 Å². The minimum atomic E-state index is -1.00. The number of hydrogen-bond donors (Lipinski definition) is 2. The number of amides is 1. The lowest BCUT2D eigenvalue weighted by atomic mass is 10.1. The summed E-state index contributed by atoms with van der Waals surface area (Å²) >= 11 is 6.27. The van der Waals surface area contributed by atoms with Gasteiger partial charge in [-0.15, -0.1) is 0 Å². The Morgan fingerprint density at radius 3 is 2.64 bits per heavy atom. The summed E-state index contributed by atoms with van der Waals surface area (Å²) in [5.74, 6) is -3.75. The number of halogens is 2. The smallest absolute Gasteiger partial charge is 0.315 e. The van der Waals surface area contributed by atoms with Gasteiger partial charge in [0.05, 0.1) is 28.9 Å². The van der Waals surface area contributed by atoms with Crippen LogP contribution in [-0.4, -0.2) is 50.1 Å². The maximum Gasteiger partial charge on any atom is 0.315 e. The number of nitro groups is 1. The standard InChI is InChI=1S/C23H17ClFN5O6/c1-29(11-13-5-16(24)14(8-17(13)25)18-10-27-3-4-28-18)23(33)15(9-26)21(31)12-6-19(30(34)35)22(32)20(7-12)36-2/h3-8,10,31-32H,11H2,1-2H3/b21-15-. The normalized spacial score (nSPS) is 11.3. The molecule has 11 nitrogen and oxygen atoms in total. The van der Waals surface area contributed by atoms with Crippen LogP contribution in [0.3, 0.4) is 0 Å². The molecule has 13 heteroatoms. The molecule has 2 aromatic carbocycles. The number of rotatable bonds is 7. The summed E-state index contributed by atoms with van der Waals surface area (Å²) in [6.45, 7) is -0.331. The van der Waals surface area contributed by atoms with Gasteiger partial charge in [-0.05, 0) is 18.2 Å². The molecule has 1 aromatic heterocycles. The van der Waals surface area contributed by atoms with Crippen molar-refractivity contribution in [2.45, 2.75) is 6.54 Å². The molecule has 0 radical (unpaired) electrons. The van der Waals surface area contributed by atoms with Crippen molar-refractivity contribution in [3.05, 3.63) is 80.5 Å². The molecule has 3 aromatic rings. The number of aromatic hydroxyl groups is 1. The van der Waals surface area contributed by atoms with Crippen molar-refractivity contribution in [3.63, 3.8) is 0 Å². The Hall–Kier alpha value is -4.76. The van der Waals surface area contributed by atoms with Gasteiger partial charge in [-0.3, -0.25) is 24.9 Å². The Morgan fingerprint density at radius 1 is 1.33 bits per heavy atom. The third-order valence-electron chi connectivity index (χ3n) is 5.04. The van der Waals surface area contributed by atoms with Crippen LogP contribution in [0.2, 0.25) is 5.02 Å². The highest BCUT2D eigenvalue weighted by atomic mass is 35.5. The van der Waals surface area contributed by atoms with E-state index in [1.807, 2.05) is 0 Å². The summed E-state index contributed by atoms with van der Waals surface area (Å²) in [6.07, 6.45) is 4.28. The predicted molar refractivity (Wildman–Crippen MR) is 125 cm³/mol. The van der Waals surface area contributed by atoms with E-state index < -0.39 is 39.4 Å². The SMILES string of the molecule is COc1cc(/C(O)=C(\C#N)C(=O)N(C)Cc2cc(Cl)c(-c3cnccn3)cc2F)cc([N+](=O)[O-])c1O. The Bertz CT molecular complexity index is 1420. The van der Waals surface area contributed by atoms with Crippen LogP contribution in [0, 0.1) is 27.3 Å². The number of nitriles is 1. The monoisotopic (exact) mass is 513 g/mol. The van der Waals surface area contributed by atoms with Crippen LogP contribution in [0.25, 0.3) is 17.0 Å². The van der Waals surface area contributed by atoms with Crippen LogP contribution in [0.5, 0.6) is 11.5 Å². The first-order chi connectivity index (χ1) is 17.1. The molecule has 0 fully saturated rings. The van der Waals surface area contributed by atoms with E-state index in [2.05, 4.69) is 9.97 Å². The minimum Gasteiger partial charge on any atom is -0.506 e. The molecule has 0 bridgehead atoms. The van der Waals surface area contributed by atoms with Gasteiger partial charge in [0, 0.05) is 48.7 Å². The summed E-state index contributed by atoms with van der Waals surface area (Å²) in [7, 11) is 2.39. The number of methoxy groups -OCH3 is 1. The number of aliphatic hydroxyl groups is 1. The summed E-state index contributed by atoms with van der Waals surface area (Å²) < 4.78 is 19.7. The number of ether oxygens (including phenoxy) is 1. The van der Waals surface area contributed by atoms with E-state index in [1.165, 1.54) is 31.7 Å². The second-order valence-corrected chi connectivity index (χ2v) is 7.72. The van der Waals surface area contributed by atoms with Gasteiger partial charge < -0.3 is 19.8 Å². The number of benzene rings is 2. The minimum absolute atomic E-state index is 0.0159. The molecule has 2 N–H and O–H groups in total. The highest BCUT2D eigenvalue weighted by molar-refractivity contribution is 6.33. The van der Waals surface area contributed by atoms with E-state index in [0.29, 0.717) is 5.69 Å². The van der Waals surface area contributed by atoms with Gasteiger partial charge in [0.25, 0.3) is 5.91 Å². The Balaban J connectivity index is 1.94. The molecule has 0 saturated carbocycles. The molecular weight excluding hydrogens is 497 g/mol. The third kappa shape index (κ3) is 5.16. The van der Waals surface area contributed by atoms with Crippen molar-refractivity contribution in [1.29, 1.82) is 5.26 Å². The quantitative estimate of drug-likeness (QED) is 0.156. The number of likely N-dealkylation sites (N-methyl/N-ethyl adjacent to an activating group) is 1. The van der Waals surface area contributed by atoms with Gasteiger partial charge in [-0.1, -0.05) is 11.6 Å². The van der Waals surface area contributed by atoms with Gasteiger partial charge >= 0.3 is 5.69 Å². The van der Waals surface area contributed by atoms with E-state index in [-0.39, 0.29) is 34.0 Å². The molecule has 1 heterocycles. The molecule has 3 rings (SSSR count). The first-order valence-electron chi connectivity index (χ1n) is 9.97. The summed E-state index contributed by atoms with van der Waals surface area (Å²) in [5.41, 5.74) is -1.26. The highest BCUT2D eigenvalue weighted by Crippen LogP contribution is 2.39. The van der Waals surface area contributed by atoms with Crippen molar-refractivity contribution >= 4 is 29.0 Å². The zero-order valence-electron chi connectivity index (χ0n) is 18.8. The molecule has 0 aliphatic rings. The number of phenols is 1. The molecule has 0 atom stereocenters. The summed E-state index contributed by atoms with van der Waals surface area (Å²) in [5, 5.41) is 41.4. The first-order valence-corrected chi connectivity index (χ1v) is 10.4. The van der Waals surface area contributed by atoms with E-state index in [0.717, 1.165) is 30.2 Å². The predicted octanol–water partition coefficient (Wildman–Crippen LogP) is 4.01. The number of hydrogen-bond acceptors (Lipinski definition) is 9. The molecule has 0 aliphatic heterocycles.